The van der Waals surface area contributed by atoms with Gasteiger partial charge >= 0.3 is 0 Å². The molecule has 0 aromatic carbocycles. The summed E-state index contributed by atoms with van der Waals surface area (Å²) in [5, 5.41) is 3.56. The van der Waals surface area contributed by atoms with Crippen molar-refractivity contribution in [2.24, 2.45) is 9.98 Å². The van der Waals surface area contributed by atoms with Crippen molar-refractivity contribution in [3.8, 4) is 0 Å². The van der Waals surface area contributed by atoms with E-state index in [2.05, 4.69) is 9.98 Å². The standard InChI is InChI=1S/C7H4N2O2S/c10-4-8-7(9-5-11)6-1-2-12-3-6/h1-3,7H. The molecule has 0 spiro atoms. The lowest BCUT2D eigenvalue weighted by atomic mass is 10.3. The third-order valence-corrected chi connectivity index (χ3v) is 1.89. The van der Waals surface area contributed by atoms with E-state index in [9.17, 15) is 9.59 Å². The fraction of sp³-hybridized carbons (Fsp3) is 0.143. The summed E-state index contributed by atoms with van der Waals surface area (Å²) in [4.78, 5) is 26.5. The normalized spacial score (nSPS) is 11.0. The Hall–Kier alpha value is -1.54. The smallest absolute Gasteiger partial charge is 0.211 e. The van der Waals surface area contributed by atoms with Crippen molar-refractivity contribution in [3.63, 3.8) is 0 Å². The van der Waals surface area contributed by atoms with Gasteiger partial charge < -0.3 is 0 Å². The van der Waals surface area contributed by atoms with Crippen LogP contribution in [0.1, 0.15) is 11.7 Å². The summed E-state index contributed by atoms with van der Waals surface area (Å²) in [5.41, 5.74) is 0.701. The predicted molar refractivity (Wildman–Crippen MR) is 43.3 cm³/mol. The monoisotopic (exact) mass is 180 g/mol. The number of nitrogens with zero attached hydrogens (tertiary/aromatic N) is 2. The van der Waals surface area contributed by atoms with E-state index in [4.69, 9.17) is 0 Å². The van der Waals surface area contributed by atoms with Crippen molar-refractivity contribution in [1.29, 1.82) is 0 Å². The van der Waals surface area contributed by atoms with Gasteiger partial charge in [0.15, 0.2) is 6.17 Å². The minimum Gasteiger partial charge on any atom is -0.211 e. The van der Waals surface area contributed by atoms with Gasteiger partial charge in [-0.3, -0.25) is 0 Å². The van der Waals surface area contributed by atoms with E-state index in [1.165, 1.54) is 23.5 Å². The Morgan fingerprint density at radius 3 is 2.42 bits per heavy atom. The molecule has 0 fully saturated rings. The molecule has 0 aliphatic carbocycles. The second kappa shape index (κ2) is 4.36. The third kappa shape index (κ3) is 1.97. The summed E-state index contributed by atoms with van der Waals surface area (Å²) in [6, 6.07) is 1.73. The van der Waals surface area contributed by atoms with Gasteiger partial charge in [-0.2, -0.15) is 21.3 Å². The number of hydrogen-bond donors (Lipinski definition) is 0. The van der Waals surface area contributed by atoms with E-state index in [1.807, 2.05) is 5.38 Å². The van der Waals surface area contributed by atoms with Crippen LogP contribution in [0.4, 0.5) is 0 Å². The highest BCUT2D eigenvalue weighted by Gasteiger charge is 2.07. The molecule has 12 heavy (non-hydrogen) atoms. The molecule has 1 rings (SSSR count). The molecule has 1 aromatic heterocycles. The fourth-order valence-corrected chi connectivity index (χ4v) is 1.37. The lowest BCUT2D eigenvalue weighted by molar-refractivity contribution is 0.552. The topological polar surface area (TPSA) is 58.9 Å². The Morgan fingerprint density at radius 1 is 1.33 bits per heavy atom. The zero-order valence-corrected chi connectivity index (χ0v) is 6.75. The van der Waals surface area contributed by atoms with Crippen LogP contribution in [-0.4, -0.2) is 12.2 Å². The summed E-state index contributed by atoms with van der Waals surface area (Å²) in [7, 11) is 0. The number of isocyanates is 2. The quantitative estimate of drug-likeness (QED) is 0.521. The first-order valence-electron chi connectivity index (χ1n) is 3.04. The van der Waals surface area contributed by atoms with E-state index in [0.29, 0.717) is 5.56 Å². The minimum absolute atomic E-state index is 0.701. The highest BCUT2D eigenvalue weighted by atomic mass is 32.1. The molecule has 5 heteroatoms. The first-order valence-corrected chi connectivity index (χ1v) is 3.99. The Bertz CT molecular complexity index is 316. The second-order valence-electron chi connectivity index (χ2n) is 1.87. The molecule has 0 bridgehead atoms. The van der Waals surface area contributed by atoms with E-state index in [-0.39, 0.29) is 0 Å². The second-order valence-corrected chi connectivity index (χ2v) is 2.65. The maximum Gasteiger partial charge on any atom is 0.237 e. The first kappa shape index (κ1) is 8.56. The average Bonchev–Trinajstić information content (AvgIpc) is 2.56. The fourth-order valence-electron chi connectivity index (χ4n) is 0.700. The molecule has 0 aliphatic rings. The van der Waals surface area contributed by atoms with Gasteiger partial charge in [0, 0.05) is 5.56 Å². The van der Waals surface area contributed by atoms with Crippen LogP contribution >= 0.6 is 11.3 Å². The van der Waals surface area contributed by atoms with E-state index >= 15 is 0 Å². The Morgan fingerprint density at radius 2 is 2.00 bits per heavy atom. The number of rotatable bonds is 3. The van der Waals surface area contributed by atoms with Crippen LogP contribution in [0.5, 0.6) is 0 Å². The number of carbonyl (C=O) groups excluding carboxylic acids is 2. The maximum atomic E-state index is 9.91. The van der Waals surface area contributed by atoms with Crippen LogP contribution in [-0.2, 0) is 9.59 Å². The van der Waals surface area contributed by atoms with Gasteiger partial charge in [-0.05, 0) is 16.8 Å². The average molecular weight is 180 g/mol. The van der Waals surface area contributed by atoms with Crippen molar-refractivity contribution in [3.05, 3.63) is 22.4 Å². The third-order valence-electron chi connectivity index (χ3n) is 1.19. The van der Waals surface area contributed by atoms with Gasteiger partial charge in [0.1, 0.15) is 0 Å². The largest absolute Gasteiger partial charge is 0.237 e. The van der Waals surface area contributed by atoms with Crippen LogP contribution in [0.3, 0.4) is 0 Å². The van der Waals surface area contributed by atoms with Gasteiger partial charge in [-0.1, -0.05) is 0 Å². The van der Waals surface area contributed by atoms with Crippen molar-refractivity contribution in [2.45, 2.75) is 6.17 Å². The molecule has 4 nitrogen and oxygen atoms in total. The molecule has 0 atom stereocenters. The number of thiophene rings is 1. The predicted octanol–water partition coefficient (Wildman–Crippen LogP) is 1.42. The highest BCUT2D eigenvalue weighted by Crippen LogP contribution is 2.19. The van der Waals surface area contributed by atoms with Gasteiger partial charge in [0.25, 0.3) is 0 Å². The van der Waals surface area contributed by atoms with Gasteiger partial charge in [-0.25, -0.2) is 9.59 Å². The summed E-state index contributed by atoms with van der Waals surface area (Å²) < 4.78 is 0. The molecular weight excluding hydrogens is 176 g/mol. The molecule has 0 saturated carbocycles. The Labute approximate surface area is 72.3 Å². The molecule has 0 aliphatic heterocycles. The molecular formula is C7H4N2O2S. The lowest BCUT2D eigenvalue weighted by Gasteiger charge is -1.96. The zero-order valence-electron chi connectivity index (χ0n) is 5.93. The molecule has 1 aromatic rings. The summed E-state index contributed by atoms with van der Waals surface area (Å²) in [5.74, 6) is 0. The van der Waals surface area contributed by atoms with Crippen molar-refractivity contribution < 1.29 is 9.59 Å². The maximum absolute atomic E-state index is 9.91. The van der Waals surface area contributed by atoms with E-state index < -0.39 is 6.17 Å². The molecule has 0 unspecified atom stereocenters. The van der Waals surface area contributed by atoms with Gasteiger partial charge in [0.2, 0.25) is 12.2 Å². The number of hydrogen-bond acceptors (Lipinski definition) is 5. The van der Waals surface area contributed by atoms with Crippen LogP contribution < -0.4 is 0 Å². The highest BCUT2D eigenvalue weighted by molar-refractivity contribution is 7.07. The molecule has 0 saturated heterocycles. The van der Waals surface area contributed by atoms with Crippen LogP contribution in [0.15, 0.2) is 26.8 Å². The van der Waals surface area contributed by atoms with Gasteiger partial charge in [0.05, 0.1) is 0 Å². The molecule has 1 heterocycles. The minimum atomic E-state index is -0.772. The number of aliphatic imine (C=N–C) groups is 2. The Kier molecular flexibility index (Phi) is 3.11. The van der Waals surface area contributed by atoms with Crippen LogP contribution in [0.25, 0.3) is 0 Å². The van der Waals surface area contributed by atoms with Gasteiger partial charge in [-0.15, -0.1) is 0 Å². The summed E-state index contributed by atoms with van der Waals surface area (Å²) >= 11 is 1.44. The van der Waals surface area contributed by atoms with E-state index in [1.54, 1.807) is 11.4 Å². The lowest BCUT2D eigenvalue weighted by Crippen LogP contribution is -1.87. The van der Waals surface area contributed by atoms with Crippen molar-refractivity contribution >= 4 is 23.5 Å². The molecule has 0 amide bonds. The first-order chi connectivity index (χ1) is 5.88. The van der Waals surface area contributed by atoms with Crippen molar-refractivity contribution in [1.82, 2.24) is 0 Å². The van der Waals surface area contributed by atoms with E-state index in [0.717, 1.165) is 0 Å². The van der Waals surface area contributed by atoms with Crippen LogP contribution in [0, 0.1) is 0 Å². The molecule has 0 radical (unpaired) electrons. The summed E-state index contributed by atoms with van der Waals surface area (Å²) in [6.07, 6.45) is 1.92. The van der Waals surface area contributed by atoms with Crippen LogP contribution in [0.2, 0.25) is 0 Å². The summed E-state index contributed by atoms with van der Waals surface area (Å²) in [6.45, 7) is 0. The SMILES string of the molecule is O=C=NC(N=C=O)c1ccsc1. The zero-order chi connectivity index (χ0) is 8.81. The molecule has 0 N–H and O–H groups in total. The molecule has 60 valence electrons. The Balaban J connectivity index is 2.94. The van der Waals surface area contributed by atoms with Crippen molar-refractivity contribution in [2.75, 3.05) is 0 Å².